The lowest BCUT2D eigenvalue weighted by molar-refractivity contribution is -0.384. The summed E-state index contributed by atoms with van der Waals surface area (Å²) in [6.45, 7) is 1.93. The van der Waals surface area contributed by atoms with E-state index in [4.69, 9.17) is 8.92 Å². The Balaban J connectivity index is 1.62. The van der Waals surface area contributed by atoms with Crippen LogP contribution >= 0.6 is 43.6 Å². The number of benzene rings is 3. The number of non-ortho nitro benzene ring substituents is 1. The number of para-hydroxylation sites is 1. The van der Waals surface area contributed by atoms with Crippen molar-refractivity contribution in [2.75, 3.05) is 6.61 Å². The quantitative estimate of drug-likeness (QED) is 0.129. The van der Waals surface area contributed by atoms with E-state index >= 15 is 0 Å². The van der Waals surface area contributed by atoms with Crippen molar-refractivity contribution in [2.45, 2.75) is 11.8 Å². The van der Waals surface area contributed by atoms with Gasteiger partial charge in [0.25, 0.3) is 11.6 Å². The number of hydrogen-bond donors (Lipinski definition) is 1. The average molecular weight is 683 g/mol. The predicted octanol–water partition coefficient (Wildman–Crippen LogP) is 6.18. The van der Waals surface area contributed by atoms with Gasteiger partial charge in [-0.15, -0.1) is 0 Å². The van der Waals surface area contributed by atoms with E-state index in [1.165, 1.54) is 0 Å². The summed E-state index contributed by atoms with van der Waals surface area (Å²) >= 11 is 7.91. The zero-order valence-electron chi connectivity index (χ0n) is 19.4. The summed E-state index contributed by atoms with van der Waals surface area (Å²) in [6, 6.07) is 14.8. The predicted molar refractivity (Wildman–Crippen MR) is 151 cm³/mol. The van der Waals surface area contributed by atoms with Crippen LogP contribution < -0.4 is 14.2 Å². The first-order chi connectivity index (χ1) is 18.1. The Bertz CT molecular complexity index is 1590. The smallest absolute Gasteiger partial charge is 0.339 e. The molecule has 3 aromatic rings. The van der Waals surface area contributed by atoms with Crippen LogP contribution in [0.2, 0.25) is 0 Å². The van der Waals surface area contributed by atoms with Gasteiger partial charge in [-0.3, -0.25) is 14.9 Å². The molecule has 4 rings (SSSR count). The molecule has 1 amide bonds. The number of carbonyl (C=O) groups is 1. The Morgan fingerprint density at radius 2 is 1.82 bits per heavy atom. The molecule has 14 heteroatoms. The third-order valence-corrected chi connectivity index (χ3v) is 8.29. The highest BCUT2D eigenvalue weighted by atomic mass is 79.9. The van der Waals surface area contributed by atoms with Crippen LogP contribution in [0.15, 0.2) is 84.4 Å². The molecule has 38 heavy (non-hydrogen) atoms. The van der Waals surface area contributed by atoms with Crippen LogP contribution in [0, 0.1) is 10.1 Å². The molecule has 0 aromatic heterocycles. The highest BCUT2D eigenvalue weighted by Crippen LogP contribution is 2.40. The van der Waals surface area contributed by atoms with Gasteiger partial charge in [0.05, 0.1) is 26.6 Å². The molecule has 0 spiro atoms. The Labute approximate surface area is 238 Å². The number of nitrogens with zero attached hydrogens (tertiary/aromatic N) is 2. The first-order valence-electron chi connectivity index (χ1n) is 10.8. The number of nitro groups is 1. The number of nitrogens with one attached hydrogen (secondary N) is 1. The van der Waals surface area contributed by atoms with Gasteiger partial charge in [-0.1, -0.05) is 12.1 Å². The van der Waals surface area contributed by atoms with Crippen molar-refractivity contribution in [1.82, 2.24) is 5.32 Å². The standard InChI is InChI=1S/C24H17Br2N3O7S2/c1-2-35-20-12-14(13-21-23(30)28-24(37-21)27-19-6-4-3-5-17(19)25)11-18(26)22(20)36-38(33,34)16-9-7-15(8-10-16)29(31)32/h3-13H,2H2,1H3,(H,27,28,30)/b21-13+. The summed E-state index contributed by atoms with van der Waals surface area (Å²) in [7, 11) is -4.34. The van der Waals surface area contributed by atoms with E-state index in [-0.39, 0.29) is 39.1 Å². The average Bonchev–Trinajstić information content (AvgIpc) is 3.21. The van der Waals surface area contributed by atoms with Gasteiger partial charge in [0, 0.05) is 16.6 Å². The summed E-state index contributed by atoms with van der Waals surface area (Å²) < 4.78 is 37.7. The molecule has 0 bridgehead atoms. The lowest BCUT2D eigenvalue weighted by Crippen LogP contribution is -2.19. The third kappa shape index (κ3) is 6.43. The minimum Gasteiger partial charge on any atom is -0.490 e. The molecule has 0 radical (unpaired) electrons. The Hall–Kier alpha value is -3.20. The molecule has 0 saturated carbocycles. The van der Waals surface area contributed by atoms with Gasteiger partial charge >= 0.3 is 10.1 Å². The summed E-state index contributed by atoms with van der Waals surface area (Å²) in [5, 5.41) is 14.0. The molecule has 0 atom stereocenters. The number of amidine groups is 1. The lowest BCUT2D eigenvalue weighted by Gasteiger charge is -2.14. The van der Waals surface area contributed by atoms with Crippen LogP contribution in [0.4, 0.5) is 11.4 Å². The number of aliphatic imine (C=N–C) groups is 1. The monoisotopic (exact) mass is 681 g/mol. The van der Waals surface area contributed by atoms with Crippen molar-refractivity contribution in [2.24, 2.45) is 4.99 Å². The highest BCUT2D eigenvalue weighted by molar-refractivity contribution is 9.11. The van der Waals surface area contributed by atoms with Gasteiger partial charge in [0.2, 0.25) is 0 Å². The van der Waals surface area contributed by atoms with E-state index in [1.807, 2.05) is 18.2 Å². The fraction of sp³-hybridized carbons (Fsp3) is 0.0833. The molecule has 0 unspecified atom stereocenters. The van der Waals surface area contributed by atoms with E-state index in [1.54, 1.807) is 31.2 Å². The van der Waals surface area contributed by atoms with E-state index in [2.05, 4.69) is 42.2 Å². The molecule has 1 aliphatic heterocycles. The maximum absolute atomic E-state index is 12.9. The summed E-state index contributed by atoms with van der Waals surface area (Å²) in [4.78, 5) is 27.4. The SMILES string of the molecule is CCOc1cc(/C=C2/SC(=Nc3ccccc3Br)NC2=O)cc(Br)c1OS(=O)(=O)c1ccc([N+](=O)[O-])cc1. The number of hydrogen-bond acceptors (Lipinski definition) is 9. The molecule has 10 nitrogen and oxygen atoms in total. The largest absolute Gasteiger partial charge is 0.490 e. The van der Waals surface area contributed by atoms with Crippen LogP contribution in [-0.4, -0.2) is 31.0 Å². The van der Waals surface area contributed by atoms with Gasteiger partial charge in [-0.05, 0) is 98.6 Å². The summed E-state index contributed by atoms with van der Waals surface area (Å²) in [5.74, 6) is -0.326. The molecule has 0 aliphatic carbocycles. The Kier molecular flexibility index (Phi) is 8.55. The Morgan fingerprint density at radius 1 is 1.11 bits per heavy atom. The van der Waals surface area contributed by atoms with Gasteiger partial charge in [-0.2, -0.15) is 8.42 Å². The second kappa shape index (κ2) is 11.7. The minimum absolute atomic E-state index is 0.105. The van der Waals surface area contributed by atoms with Crippen molar-refractivity contribution in [3.63, 3.8) is 0 Å². The topological polar surface area (TPSA) is 137 Å². The zero-order valence-corrected chi connectivity index (χ0v) is 24.2. The number of carbonyl (C=O) groups excluding carboxylic acids is 1. The number of thioether (sulfide) groups is 1. The van der Waals surface area contributed by atoms with E-state index < -0.39 is 15.0 Å². The summed E-state index contributed by atoms with van der Waals surface area (Å²) in [6.07, 6.45) is 1.62. The molecule has 1 aliphatic rings. The second-order valence-electron chi connectivity index (χ2n) is 7.48. The molecule has 1 N–H and O–H groups in total. The highest BCUT2D eigenvalue weighted by Gasteiger charge is 2.26. The van der Waals surface area contributed by atoms with Gasteiger partial charge < -0.3 is 14.2 Å². The fourth-order valence-electron chi connectivity index (χ4n) is 3.19. The third-order valence-electron chi connectivity index (χ3n) is 4.88. The van der Waals surface area contributed by atoms with Crippen LogP contribution in [0.1, 0.15) is 12.5 Å². The normalized spacial score (nSPS) is 15.5. The van der Waals surface area contributed by atoms with E-state index in [0.29, 0.717) is 21.3 Å². The molecule has 196 valence electrons. The number of amides is 1. The van der Waals surface area contributed by atoms with Crippen LogP contribution in [0.5, 0.6) is 11.5 Å². The van der Waals surface area contributed by atoms with E-state index in [9.17, 15) is 23.3 Å². The molecule has 1 saturated heterocycles. The van der Waals surface area contributed by atoms with E-state index in [0.717, 1.165) is 40.5 Å². The fourth-order valence-corrected chi connectivity index (χ4v) is 6.00. The molecular weight excluding hydrogens is 666 g/mol. The molecule has 1 heterocycles. The lowest BCUT2D eigenvalue weighted by atomic mass is 10.2. The Morgan fingerprint density at radius 3 is 2.47 bits per heavy atom. The zero-order chi connectivity index (χ0) is 27.4. The number of halogens is 2. The van der Waals surface area contributed by atoms with Crippen LogP contribution in [-0.2, 0) is 14.9 Å². The van der Waals surface area contributed by atoms with Gasteiger partial charge in [0.1, 0.15) is 4.90 Å². The molecule has 1 fully saturated rings. The molecule has 3 aromatic carbocycles. The second-order valence-corrected chi connectivity index (χ2v) is 11.8. The van der Waals surface area contributed by atoms with Crippen molar-refractivity contribution in [3.05, 3.63) is 90.2 Å². The first-order valence-corrected chi connectivity index (χ1v) is 14.6. The van der Waals surface area contributed by atoms with Crippen molar-refractivity contribution in [3.8, 4) is 11.5 Å². The number of ether oxygens (including phenoxy) is 1. The summed E-state index contributed by atoms with van der Waals surface area (Å²) in [5.41, 5.74) is 0.949. The maximum atomic E-state index is 12.9. The maximum Gasteiger partial charge on any atom is 0.339 e. The number of rotatable bonds is 8. The van der Waals surface area contributed by atoms with Gasteiger partial charge in [-0.25, -0.2) is 4.99 Å². The number of nitro benzene ring substituents is 1. The van der Waals surface area contributed by atoms with Gasteiger partial charge in [0.15, 0.2) is 16.7 Å². The van der Waals surface area contributed by atoms with Crippen molar-refractivity contribution >= 4 is 82.3 Å². The first kappa shape index (κ1) is 27.8. The van der Waals surface area contributed by atoms with Crippen molar-refractivity contribution < 1.29 is 27.1 Å². The van der Waals surface area contributed by atoms with Crippen molar-refractivity contribution in [1.29, 1.82) is 0 Å². The van der Waals surface area contributed by atoms with Crippen LogP contribution in [0.3, 0.4) is 0 Å². The van der Waals surface area contributed by atoms with Crippen LogP contribution in [0.25, 0.3) is 6.08 Å². The minimum atomic E-state index is -4.34. The molecular formula is C24H17Br2N3O7S2.